The molecule has 0 fully saturated rings. The van der Waals surface area contributed by atoms with Crippen molar-refractivity contribution in [3.05, 3.63) is 31.5 Å². The molecule has 1 rings (SSSR count). The maximum absolute atomic E-state index is 13.1. The summed E-state index contributed by atoms with van der Waals surface area (Å²) in [5, 5.41) is 8.41. The number of nitriles is 1. The molecule has 1 aromatic heterocycles. The van der Waals surface area contributed by atoms with Crippen molar-refractivity contribution in [1.29, 1.82) is 5.26 Å². The Bertz CT molecular complexity index is 1120. The van der Waals surface area contributed by atoms with Gasteiger partial charge in [-0.15, -0.1) is 0 Å². The van der Waals surface area contributed by atoms with E-state index in [9.17, 15) is 24.0 Å². The van der Waals surface area contributed by atoms with Crippen molar-refractivity contribution in [1.82, 2.24) is 13.7 Å². The Balaban J connectivity index is 2.81. The highest BCUT2D eigenvalue weighted by atomic mass is 16.5. The number of rotatable bonds is 23. The van der Waals surface area contributed by atoms with E-state index in [1.54, 1.807) is 6.26 Å². The molecular weight excluding hydrogens is 492 g/mol. The zero-order valence-electron chi connectivity index (χ0n) is 22.3. The van der Waals surface area contributed by atoms with Crippen LogP contribution in [0.4, 0.5) is 0 Å². The number of hydrogen-bond donors (Lipinski definition) is 0. The molecule has 0 aliphatic carbocycles. The summed E-state index contributed by atoms with van der Waals surface area (Å²) in [4.78, 5) is 66.5. The lowest BCUT2D eigenvalue weighted by Gasteiger charge is -2.14. The zero-order chi connectivity index (χ0) is 27.8. The van der Waals surface area contributed by atoms with Gasteiger partial charge in [0.2, 0.25) is 12.2 Å². The van der Waals surface area contributed by atoms with Gasteiger partial charge in [0.1, 0.15) is 6.61 Å². The maximum Gasteiger partial charge on any atom is 0.336 e. The van der Waals surface area contributed by atoms with Gasteiger partial charge in [0.05, 0.1) is 13.1 Å². The summed E-state index contributed by atoms with van der Waals surface area (Å²) >= 11 is 0. The van der Waals surface area contributed by atoms with Crippen molar-refractivity contribution in [2.45, 2.75) is 110 Å². The summed E-state index contributed by atoms with van der Waals surface area (Å²) < 4.78 is 8.17. The van der Waals surface area contributed by atoms with Gasteiger partial charge in [0, 0.05) is 19.6 Å². The molecule has 12 nitrogen and oxygen atoms in total. The van der Waals surface area contributed by atoms with E-state index in [0.29, 0.717) is 45.4 Å². The summed E-state index contributed by atoms with van der Waals surface area (Å²) in [6.45, 7) is 1.95. The topological polar surface area (TPSA) is 158 Å². The summed E-state index contributed by atoms with van der Waals surface area (Å²) in [5.41, 5.74) is -1.71. The number of carbonyl (C=O) groups excluding carboxylic acids is 2. The van der Waals surface area contributed by atoms with Crippen LogP contribution in [0.25, 0.3) is 0 Å². The third kappa shape index (κ3) is 13.1. The molecule has 0 radical (unpaired) electrons. The van der Waals surface area contributed by atoms with Crippen molar-refractivity contribution in [2.75, 3.05) is 19.7 Å². The Hall–Kier alpha value is -3.54. The molecule has 12 heteroatoms. The van der Waals surface area contributed by atoms with Gasteiger partial charge in [-0.2, -0.15) is 5.26 Å². The first-order chi connectivity index (χ1) is 18.6. The molecule has 0 spiro atoms. The van der Waals surface area contributed by atoms with Crippen LogP contribution in [0.2, 0.25) is 0 Å². The molecule has 1 aromatic rings. The van der Waals surface area contributed by atoms with Crippen LogP contribution < -0.4 is 17.1 Å². The molecule has 0 atom stereocenters. The first kappa shape index (κ1) is 32.5. The molecule has 210 valence electrons. The Morgan fingerprint density at radius 1 is 0.553 bits per heavy atom. The van der Waals surface area contributed by atoms with Gasteiger partial charge in [-0.05, 0) is 44.9 Å². The SMILES string of the molecule is N#COCCCCCCn1c(=O)n(CCCCCCCCN=C=O)c(=O)n(CCCCCCN=C=O)c1=O. The third-order valence-corrected chi connectivity index (χ3v) is 6.26. The highest BCUT2D eigenvalue weighted by molar-refractivity contribution is 5.32. The minimum absolute atomic E-state index is 0.226. The van der Waals surface area contributed by atoms with Crippen LogP contribution in [0.5, 0.6) is 0 Å². The third-order valence-electron chi connectivity index (χ3n) is 6.26. The summed E-state index contributed by atoms with van der Waals surface area (Å²) in [6.07, 6.45) is 15.7. The standard InChI is InChI=1S/C26H40N6O6/c27-21-38-20-14-8-7-13-19-32-25(36)30(17-11-5-2-1-3-9-15-28-22-33)24(35)31(26(32)37)18-12-6-4-10-16-29-23-34/h1-20H2. The largest absolute Gasteiger partial charge is 0.428 e. The van der Waals surface area contributed by atoms with E-state index in [1.165, 1.54) is 25.9 Å². The minimum atomic E-state index is -0.576. The second kappa shape index (κ2) is 21.5. The number of ether oxygens (including phenoxy) is 1. The average molecular weight is 533 g/mol. The van der Waals surface area contributed by atoms with Crippen LogP contribution in [-0.2, 0) is 34.0 Å². The number of aromatic nitrogens is 3. The maximum atomic E-state index is 13.1. The molecule has 0 saturated carbocycles. The fourth-order valence-corrected chi connectivity index (χ4v) is 4.17. The molecule has 38 heavy (non-hydrogen) atoms. The Morgan fingerprint density at radius 2 is 0.895 bits per heavy atom. The number of isocyanates is 2. The van der Waals surface area contributed by atoms with Crippen molar-refractivity contribution in [2.24, 2.45) is 9.98 Å². The van der Waals surface area contributed by atoms with E-state index in [1.807, 2.05) is 0 Å². The van der Waals surface area contributed by atoms with Crippen LogP contribution >= 0.6 is 0 Å². The molecule has 1 heterocycles. The van der Waals surface area contributed by atoms with Gasteiger partial charge in [-0.1, -0.05) is 44.9 Å². The predicted molar refractivity (Wildman–Crippen MR) is 141 cm³/mol. The van der Waals surface area contributed by atoms with Gasteiger partial charge in [0.15, 0.2) is 0 Å². The summed E-state index contributed by atoms with van der Waals surface area (Å²) in [5.74, 6) is 0. The van der Waals surface area contributed by atoms with E-state index in [2.05, 4.69) is 14.7 Å². The van der Waals surface area contributed by atoms with Gasteiger partial charge >= 0.3 is 17.1 Å². The van der Waals surface area contributed by atoms with E-state index >= 15 is 0 Å². The minimum Gasteiger partial charge on any atom is -0.428 e. The normalized spacial score (nSPS) is 10.4. The number of nitrogens with zero attached hydrogens (tertiary/aromatic N) is 6. The zero-order valence-corrected chi connectivity index (χ0v) is 22.3. The van der Waals surface area contributed by atoms with E-state index < -0.39 is 17.1 Å². The van der Waals surface area contributed by atoms with Crippen LogP contribution in [0.1, 0.15) is 89.9 Å². The lowest BCUT2D eigenvalue weighted by atomic mass is 10.1. The van der Waals surface area contributed by atoms with Crippen LogP contribution in [0.3, 0.4) is 0 Å². The second-order valence-corrected chi connectivity index (χ2v) is 9.14. The van der Waals surface area contributed by atoms with Crippen molar-refractivity contribution >= 4 is 12.2 Å². The molecule has 0 amide bonds. The number of aliphatic imine (C=N–C) groups is 2. The highest BCUT2D eigenvalue weighted by Crippen LogP contribution is 2.06. The molecular formula is C26H40N6O6. The quantitative estimate of drug-likeness (QED) is 0.0907. The second-order valence-electron chi connectivity index (χ2n) is 9.14. The average Bonchev–Trinajstić information content (AvgIpc) is 2.91. The van der Waals surface area contributed by atoms with Crippen LogP contribution in [0, 0.1) is 11.5 Å². The molecule has 0 aromatic carbocycles. The molecule has 0 N–H and O–H groups in total. The molecule has 0 saturated heterocycles. The monoisotopic (exact) mass is 532 g/mol. The Kier molecular flexibility index (Phi) is 18.4. The van der Waals surface area contributed by atoms with Crippen molar-refractivity contribution in [3.8, 4) is 6.26 Å². The van der Waals surface area contributed by atoms with Gasteiger partial charge in [0.25, 0.3) is 6.26 Å². The molecule has 0 bridgehead atoms. The summed E-state index contributed by atoms with van der Waals surface area (Å²) in [6, 6.07) is 0. The fourth-order valence-electron chi connectivity index (χ4n) is 4.17. The fraction of sp³-hybridized carbons (Fsp3) is 0.769. The molecule has 0 aliphatic rings. The first-order valence-electron chi connectivity index (χ1n) is 13.6. The van der Waals surface area contributed by atoms with Crippen molar-refractivity contribution in [3.63, 3.8) is 0 Å². The Labute approximate surface area is 222 Å². The van der Waals surface area contributed by atoms with Crippen molar-refractivity contribution < 1.29 is 14.3 Å². The van der Waals surface area contributed by atoms with E-state index in [0.717, 1.165) is 64.2 Å². The van der Waals surface area contributed by atoms with Crippen LogP contribution in [-0.4, -0.2) is 45.6 Å². The predicted octanol–water partition coefficient (Wildman–Crippen LogP) is 2.80. The van der Waals surface area contributed by atoms with Gasteiger partial charge in [-0.3, -0.25) is 0 Å². The van der Waals surface area contributed by atoms with E-state index in [-0.39, 0.29) is 19.6 Å². The van der Waals surface area contributed by atoms with Crippen LogP contribution in [0.15, 0.2) is 24.4 Å². The van der Waals surface area contributed by atoms with E-state index in [4.69, 9.17) is 5.26 Å². The number of hydrogen-bond acceptors (Lipinski definition) is 9. The smallest absolute Gasteiger partial charge is 0.336 e. The molecule has 0 aliphatic heterocycles. The lowest BCUT2D eigenvalue weighted by molar-refractivity contribution is 0.259. The lowest BCUT2D eigenvalue weighted by Crippen LogP contribution is -2.54. The van der Waals surface area contributed by atoms with Gasteiger partial charge < -0.3 is 4.74 Å². The Morgan fingerprint density at radius 3 is 1.26 bits per heavy atom. The number of unbranched alkanes of at least 4 members (excludes halogenated alkanes) is 11. The summed E-state index contributed by atoms with van der Waals surface area (Å²) in [7, 11) is 0. The first-order valence-corrected chi connectivity index (χ1v) is 13.6. The molecule has 0 unspecified atom stereocenters. The highest BCUT2D eigenvalue weighted by Gasteiger charge is 2.15. The van der Waals surface area contributed by atoms with Gasteiger partial charge in [-0.25, -0.2) is 47.7 Å².